The summed E-state index contributed by atoms with van der Waals surface area (Å²) in [5.74, 6) is -0.529. The Morgan fingerprint density at radius 2 is 1.72 bits per heavy atom. The highest BCUT2D eigenvalue weighted by molar-refractivity contribution is 7.92. The van der Waals surface area contributed by atoms with E-state index in [1.165, 1.54) is 61.5 Å². The topological polar surface area (TPSA) is 139 Å². The number of carbonyl (C=O) groups excluding carboxylic acids is 2. The fourth-order valence-corrected chi connectivity index (χ4v) is 5.49. The number of amides is 2. The van der Waals surface area contributed by atoms with E-state index in [0.717, 1.165) is 10.4 Å². The molecule has 3 aromatic rings. The van der Waals surface area contributed by atoms with Crippen molar-refractivity contribution in [2.75, 3.05) is 25.0 Å². The number of anilines is 1. The molecule has 3 rings (SSSR count). The zero-order valence-corrected chi connectivity index (χ0v) is 22.6. The van der Waals surface area contributed by atoms with Crippen molar-refractivity contribution in [1.82, 2.24) is 10.2 Å². The molecule has 0 aliphatic rings. The van der Waals surface area contributed by atoms with Gasteiger partial charge in [0.15, 0.2) is 0 Å². The fraction of sp³-hybridized carbons (Fsp3) is 0.259. The highest BCUT2D eigenvalue weighted by Gasteiger charge is 2.33. The number of carbonyl (C=O) groups is 2. The molecule has 12 heteroatoms. The van der Waals surface area contributed by atoms with Crippen LogP contribution < -0.4 is 14.4 Å². The third-order valence-corrected chi connectivity index (χ3v) is 7.85. The van der Waals surface area contributed by atoms with E-state index in [-0.39, 0.29) is 29.2 Å². The first-order chi connectivity index (χ1) is 18.6. The van der Waals surface area contributed by atoms with E-state index in [2.05, 4.69) is 5.32 Å². The van der Waals surface area contributed by atoms with Gasteiger partial charge in [0.05, 0.1) is 22.6 Å². The van der Waals surface area contributed by atoms with Crippen LogP contribution in [0.5, 0.6) is 5.75 Å². The van der Waals surface area contributed by atoms with Gasteiger partial charge in [0, 0.05) is 25.7 Å². The molecule has 0 bridgehead atoms. The Hall–Kier alpha value is -4.45. The van der Waals surface area contributed by atoms with Gasteiger partial charge in [-0.3, -0.25) is 24.0 Å². The van der Waals surface area contributed by atoms with E-state index in [9.17, 15) is 28.1 Å². The predicted octanol–water partition coefficient (Wildman–Crippen LogP) is 3.35. The van der Waals surface area contributed by atoms with Crippen LogP contribution in [0.3, 0.4) is 0 Å². The summed E-state index contributed by atoms with van der Waals surface area (Å²) in [5.41, 5.74) is 0.270. The highest BCUT2D eigenvalue weighted by atomic mass is 32.2. The van der Waals surface area contributed by atoms with Gasteiger partial charge in [0.1, 0.15) is 18.3 Å². The summed E-state index contributed by atoms with van der Waals surface area (Å²) in [6, 6.07) is 18.6. The number of ether oxygens (including phenoxy) is 1. The molecule has 0 unspecified atom stereocenters. The number of nitro groups is 1. The molecule has 0 aliphatic carbocycles. The SMILES string of the molecule is CC[C@H](C(=O)NC)N(Cc1cccc(OC)c1)C(=O)CN(c1cccc([N+](=O)[O-])c1)S(=O)(=O)c1ccccc1. The smallest absolute Gasteiger partial charge is 0.271 e. The van der Waals surface area contributed by atoms with Crippen LogP contribution in [0.15, 0.2) is 83.8 Å². The van der Waals surface area contributed by atoms with Crippen molar-refractivity contribution in [2.24, 2.45) is 0 Å². The normalized spacial score (nSPS) is 11.8. The lowest BCUT2D eigenvalue weighted by Gasteiger charge is -2.33. The first-order valence-corrected chi connectivity index (χ1v) is 13.5. The van der Waals surface area contributed by atoms with Crippen molar-refractivity contribution >= 4 is 33.2 Å². The molecule has 11 nitrogen and oxygen atoms in total. The maximum atomic E-state index is 13.9. The second-order valence-electron chi connectivity index (χ2n) is 8.51. The Morgan fingerprint density at radius 1 is 1.03 bits per heavy atom. The van der Waals surface area contributed by atoms with Crippen LogP contribution in [0.2, 0.25) is 0 Å². The van der Waals surface area contributed by atoms with Gasteiger partial charge < -0.3 is 15.0 Å². The number of hydrogen-bond donors (Lipinski definition) is 1. The molecule has 0 radical (unpaired) electrons. The molecule has 0 aromatic heterocycles. The van der Waals surface area contributed by atoms with E-state index in [4.69, 9.17) is 4.74 Å². The molecule has 39 heavy (non-hydrogen) atoms. The number of hydrogen-bond acceptors (Lipinski definition) is 7. The van der Waals surface area contributed by atoms with Crippen LogP contribution in [0.4, 0.5) is 11.4 Å². The second-order valence-corrected chi connectivity index (χ2v) is 10.4. The van der Waals surface area contributed by atoms with E-state index >= 15 is 0 Å². The van der Waals surface area contributed by atoms with E-state index < -0.39 is 39.3 Å². The number of nitrogens with zero attached hydrogens (tertiary/aromatic N) is 3. The lowest BCUT2D eigenvalue weighted by atomic mass is 10.1. The predicted molar refractivity (Wildman–Crippen MR) is 146 cm³/mol. The average molecular weight is 555 g/mol. The third kappa shape index (κ3) is 6.90. The largest absolute Gasteiger partial charge is 0.497 e. The highest BCUT2D eigenvalue weighted by Crippen LogP contribution is 2.28. The number of nitrogens with one attached hydrogen (secondary N) is 1. The number of sulfonamides is 1. The van der Waals surface area contributed by atoms with Crippen LogP contribution in [0.25, 0.3) is 0 Å². The zero-order valence-electron chi connectivity index (χ0n) is 21.8. The number of non-ortho nitro benzene ring substituents is 1. The molecule has 0 fully saturated rings. The fourth-order valence-electron chi connectivity index (χ4n) is 4.06. The molecule has 2 amide bonds. The van der Waals surface area contributed by atoms with Crippen LogP contribution in [-0.4, -0.2) is 56.8 Å². The summed E-state index contributed by atoms with van der Waals surface area (Å²) in [5, 5.41) is 14.0. The summed E-state index contributed by atoms with van der Waals surface area (Å²) in [7, 11) is -1.36. The van der Waals surface area contributed by atoms with Gasteiger partial charge in [-0.25, -0.2) is 8.42 Å². The quantitative estimate of drug-likeness (QED) is 0.268. The zero-order chi connectivity index (χ0) is 28.6. The molecular formula is C27H30N4O7S. The second kappa shape index (κ2) is 12.9. The van der Waals surface area contributed by atoms with Gasteiger partial charge in [-0.05, 0) is 42.3 Å². The van der Waals surface area contributed by atoms with E-state index in [1.54, 1.807) is 37.3 Å². The average Bonchev–Trinajstić information content (AvgIpc) is 2.95. The monoisotopic (exact) mass is 554 g/mol. The first-order valence-electron chi connectivity index (χ1n) is 12.1. The number of benzene rings is 3. The van der Waals surface area contributed by atoms with Gasteiger partial charge in [0.25, 0.3) is 15.7 Å². The molecule has 1 N–H and O–H groups in total. The maximum Gasteiger partial charge on any atom is 0.271 e. The van der Waals surface area contributed by atoms with Crippen LogP contribution >= 0.6 is 0 Å². The Balaban J connectivity index is 2.09. The minimum Gasteiger partial charge on any atom is -0.497 e. The van der Waals surface area contributed by atoms with Gasteiger partial charge in [0.2, 0.25) is 11.8 Å². The van der Waals surface area contributed by atoms with Gasteiger partial charge in [-0.2, -0.15) is 0 Å². The van der Waals surface area contributed by atoms with Gasteiger partial charge >= 0.3 is 0 Å². The van der Waals surface area contributed by atoms with Crippen molar-refractivity contribution in [1.29, 1.82) is 0 Å². The summed E-state index contributed by atoms with van der Waals surface area (Å²) in [4.78, 5) is 38.6. The first kappa shape index (κ1) is 29.1. The van der Waals surface area contributed by atoms with Crippen molar-refractivity contribution in [3.05, 3.63) is 94.5 Å². The van der Waals surface area contributed by atoms with E-state index in [0.29, 0.717) is 11.3 Å². The van der Waals surface area contributed by atoms with Crippen molar-refractivity contribution < 1.29 is 27.7 Å². The van der Waals surface area contributed by atoms with Gasteiger partial charge in [-0.15, -0.1) is 0 Å². The van der Waals surface area contributed by atoms with Gasteiger partial charge in [-0.1, -0.05) is 43.3 Å². The number of nitro benzene ring substituents is 1. The summed E-state index contributed by atoms with van der Waals surface area (Å²) >= 11 is 0. The van der Waals surface area contributed by atoms with Crippen molar-refractivity contribution in [3.8, 4) is 5.75 Å². The molecule has 0 spiro atoms. The van der Waals surface area contributed by atoms with Crippen molar-refractivity contribution in [3.63, 3.8) is 0 Å². The Kier molecular flexibility index (Phi) is 9.61. The molecule has 206 valence electrons. The standard InChI is InChI=1S/C27H30N4O7S/c1-4-25(27(33)28-2)29(18-20-10-8-13-23(16-20)38-3)26(32)19-30(21-11-9-12-22(17-21)31(34)35)39(36,37)24-14-6-5-7-15-24/h5-17,25H,4,18-19H2,1-3H3,(H,28,33)/t25-/m1/s1. The summed E-state index contributed by atoms with van der Waals surface area (Å²) < 4.78 is 33.6. The molecule has 0 saturated heterocycles. The number of rotatable bonds is 12. The molecule has 3 aromatic carbocycles. The summed E-state index contributed by atoms with van der Waals surface area (Å²) in [6.07, 6.45) is 0.262. The molecule has 0 saturated carbocycles. The van der Waals surface area contributed by atoms with Crippen LogP contribution in [0, 0.1) is 10.1 Å². The molecular weight excluding hydrogens is 524 g/mol. The Bertz CT molecular complexity index is 1430. The maximum absolute atomic E-state index is 13.9. The minimum atomic E-state index is -4.32. The summed E-state index contributed by atoms with van der Waals surface area (Å²) in [6.45, 7) is 1.04. The lowest BCUT2D eigenvalue weighted by Crippen LogP contribution is -2.51. The third-order valence-electron chi connectivity index (χ3n) is 6.06. The van der Waals surface area contributed by atoms with Crippen molar-refractivity contribution in [2.45, 2.75) is 30.8 Å². The van der Waals surface area contributed by atoms with Crippen LogP contribution in [0.1, 0.15) is 18.9 Å². The minimum absolute atomic E-state index is 0.00385. The Morgan fingerprint density at radius 3 is 2.33 bits per heavy atom. The molecule has 0 aliphatic heterocycles. The van der Waals surface area contributed by atoms with E-state index in [1.807, 2.05) is 0 Å². The van der Waals surface area contributed by atoms with Crippen LogP contribution in [-0.2, 0) is 26.2 Å². The number of methoxy groups -OCH3 is 1. The number of likely N-dealkylation sites (N-methyl/N-ethyl adjacent to an activating group) is 1. The molecule has 1 atom stereocenters. The Labute approximate surface area is 227 Å². The lowest BCUT2D eigenvalue weighted by molar-refractivity contribution is -0.384. The molecule has 0 heterocycles.